The number of nitrogens with zero attached hydrogens (tertiary/aromatic N) is 1. The lowest BCUT2D eigenvalue weighted by Crippen LogP contribution is -2.28. The van der Waals surface area contributed by atoms with Crippen molar-refractivity contribution in [1.82, 2.24) is 0 Å². The van der Waals surface area contributed by atoms with Crippen molar-refractivity contribution < 1.29 is 28.7 Å². The average molecular weight is 438 g/mol. The highest BCUT2D eigenvalue weighted by atomic mass is 16.5. The fourth-order valence-corrected chi connectivity index (χ4v) is 3.53. The first-order valence-electron chi connectivity index (χ1n) is 10.5. The number of hydrogen-bond donors (Lipinski definition) is 1. The highest BCUT2D eigenvalue weighted by Crippen LogP contribution is 2.29. The summed E-state index contributed by atoms with van der Waals surface area (Å²) in [6, 6.07) is 13.8. The van der Waals surface area contributed by atoms with Crippen molar-refractivity contribution in [2.75, 3.05) is 30.0 Å². The highest BCUT2D eigenvalue weighted by molar-refractivity contribution is 6.00. The van der Waals surface area contributed by atoms with Crippen molar-refractivity contribution in [1.29, 1.82) is 0 Å². The van der Waals surface area contributed by atoms with Gasteiger partial charge in [0.1, 0.15) is 0 Å². The minimum atomic E-state index is -0.621. The molecule has 0 spiro atoms. The number of benzene rings is 2. The molecule has 2 aromatic carbocycles. The molecule has 3 rings (SSSR count). The van der Waals surface area contributed by atoms with Crippen LogP contribution in [0.5, 0.6) is 0 Å². The van der Waals surface area contributed by atoms with E-state index in [-0.39, 0.29) is 25.5 Å². The number of esters is 2. The minimum absolute atomic E-state index is 0.0494. The molecule has 2 amide bonds. The summed E-state index contributed by atoms with van der Waals surface area (Å²) in [4.78, 5) is 50.3. The van der Waals surface area contributed by atoms with Crippen LogP contribution in [0.3, 0.4) is 0 Å². The number of rotatable bonds is 8. The zero-order chi connectivity index (χ0) is 23.1. The van der Waals surface area contributed by atoms with E-state index in [0.29, 0.717) is 11.3 Å². The molecular formula is C24H26N2O6. The second kappa shape index (κ2) is 10.6. The van der Waals surface area contributed by atoms with Gasteiger partial charge in [0, 0.05) is 24.3 Å². The number of anilines is 2. The molecule has 32 heavy (non-hydrogen) atoms. The number of carbonyl (C=O) groups excluding carboxylic acids is 4. The summed E-state index contributed by atoms with van der Waals surface area (Å²) in [5, 5.41) is 2.60. The molecule has 1 aliphatic rings. The summed E-state index contributed by atoms with van der Waals surface area (Å²) in [6.07, 6.45) is 0.823. The molecule has 1 fully saturated rings. The molecule has 2 aromatic rings. The van der Waals surface area contributed by atoms with Crippen molar-refractivity contribution in [3.63, 3.8) is 0 Å². The van der Waals surface area contributed by atoms with E-state index in [1.165, 1.54) is 12.1 Å². The van der Waals surface area contributed by atoms with Crippen LogP contribution in [-0.4, -0.2) is 43.5 Å². The van der Waals surface area contributed by atoms with Gasteiger partial charge in [0.2, 0.25) is 5.91 Å². The summed E-state index contributed by atoms with van der Waals surface area (Å²) in [6.45, 7) is 3.77. The zero-order valence-corrected chi connectivity index (χ0v) is 18.1. The summed E-state index contributed by atoms with van der Waals surface area (Å²) in [5.41, 5.74) is 2.66. The Kier molecular flexibility index (Phi) is 7.59. The lowest BCUT2D eigenvalue weighted by molar-refractivity contribution is -0.151. The molecule has 0 aromatic heterocycles. The first kappa shape index (κ1) is 23.0. The third-order valence-electron chi connectivity index (χ3n) is 5.15. The molecule has 1 aliphatic heterocycles. The maximum Gasteiger partial charge on any atom is 0.338 e. The number of carbonyl (C=O) groups is 4. The lowest BCUT2D eigenvalue weighted by Gasteiger charge is -2.19. The van der Waals surface area contributed by atoms with Gasteiger partial charge in [0.25, 0.3) is 5.91 Å². The molecule has 1 N–H and O–H groups in total. The predicted molar refractivity (Wildman–Crippen MR) is 118 cm³/mol. The van der Waals surface area contributed by atoms with Crippen molar-refractivity contribution >= 4 is 35.1 Å². The second-order valence-corrected chi connectivity index (χ2v) is 7.34. The normalized spacial score (nSPS) is 15.4. The maximum absolute atomic E-state index is 12.5. The molecule has 0 radical (unpaired) electrons. The largest absolute Gasteiger partial charge is 0.462 e. The van der Waals surface area contributed by atoms with Gasteiger partial charge < -0.3 is 19.7 Å². The number of hydrogen-bond acceptors (Lipinski definition) is 6. The fraction of sp³-hybridized carbons (Fsp3) is 0.333. The van der Waals surface area contributed by atoms with Gasteiger partial charge in [-0.1, -0.05) is 25.1 Å². The molecule has 0 bridgehead atoms. The lowest BCUT2D eigenvalue weighted by atomic mass is 10.1. The third kappa shape index (κ3) is 5.51. The smallest absolute Gasteiger partial charge is 0.338 e. The molecular weight excluding hydrogens is 412 g/mol. The van der Waals surface area contributed by atoms with Crippen molar-refractivity contribution in [2.24, 2.45) is 5.92 Å². The average Bonchev–Trinajstić information content (AvgIpc) is 3.19. The molecule has 1 atom stereocenters. The quantitative estimate of drug-likeness (QED) is 0.636. The van der Waals surface area contributed by atoms with E-state index in [9.17, 15) is 19.2 Å². The zero-order valence-electron chi connectivity index (χ0n) is 18.1. The Morgan fingerprint density at radius 2 is 1.75 bits per heavy atom. The van der Waals surface area contributed by atoms with Gasteiger partial charge >= 0.3 is 11.9 Å². The fourth-order valence-electron chi connectivity index (χ4n) is 3.53. The van der Waals surface area contributed by atoms with E-state index >= 15 is 0 Å². The van der Waals surface area contributed by atoms with E-state index in [1.54, 1.807) is 24.0 Å². The van der Waals surface area contributed by atoms with E-state index in [2.05, 4.69) is 5.32 Å². The number of ether oxygens (including phenoxy) is 2. The number of aryl methyl sites for hydroxylation is 1. The Morgan fingerprint density at radius 3 is 2.44 bits per heavy atom. The van der Waals surface area contributed by atoms with Gasteiger partial charge in [-0.25, -0.2) is 4.79 Å². The van der Waals surface area contributed by atoms with E-state index < -0.39 is 30.4 Å². The standard InChI is InChI=1S/C24H26N2O6/c1-3-16-7-5-6-8-20(16)26-14-18(13-22(26)28)24(30)32-15-21(27)25-19-11-9-17(10-12-19)23(29)31-4-2/h5-12,18H,3-4,13-15H2,1-2H3,(H,25,27)/t18-/m1/s1. The summed E-state index contributed by atoms with van der Waals surface area (Å²) < 4.78 is 10.0. The molecule has 1 heterocycles. The predicted octanol–water partition coefficient (Wildman–Crippen LogP) is 2.96. The highest BCUT2D eigenvalue weighted by Gasteiger charge is 2.37. The Morgan fingerprint density at radius 1 is 1.03 bits per heavy atom. The van der Waals surface area contributed by atoms with E-state index in [0.717, 1.165) is 17.7 Å². The first-order chi connectivity index (χ1) is 15.4. The molecule has 1 saturated heterocycles. The van der Waals surface area contributed by atoms with Gasteiger partial charge in [-0.05, 0) is 49.2 Å². The molecule has 8 nitrogen and oxygen atoms in total. The van der Waals surface area contributed by atoms with Gasteiger partial charge in [-0.3, -0.25) is 14.4 Å². The van der Waals surface area contributed by atoms with Crippen LogP contribution in [0.4, 0.5) is 11.4 Å². The van der Waals surface area contributed by atoms with Gasteiger partial charge in [0.15, 0.2) is 6.61 Å². The molecule has 168 valence electrons. The first-order valence-corrected chi connectivity index (χ1v) is 10.5. The SMILES string of the molecule is CCOC(=O)c1ccc(NC(=O)COC(=O)[C@@H]2CC(=O)N(c3ccccc3CC)C2)cc1. The van der Waals surface area contributed by atoms with Crippen LogP contribution in [0.1, 0.15) is 36.2 Å². The van der Waals surface area contributed by atoms with Crippen LogP contribution in [0.15, 0.2) is 48.5 Å². The van der Waals surface area contributed by atoms with Crippen LogP contribution < -0.4 is 10.2 Å². The molecule has 0 saturated carbocycles. The Hall–Kier alpha value is -3.68. The number of para-hydroxylation sites is 1. The topological polar surface area (TPSA) is 102 Å². The van der Waals surface area contributed by atoms with Gasteiger partial charge in [-0.2, -0.15) is 0 Å². The Bertz CT molecular complexity index is 1000. The van der Waals surface area contributed by atoms with Crippen LogP contribution in [0.25, 0.3) is 0 Å². The van der Waals surface area contributed by atoms with E-state index in [1.807, 2.05) is 31.2 Å². The second-order valence-electron chi connectivity index (χ2n) is 7.34. The van der Waals surface area contributed by atoms with Crippen molar-refractivity contribution in [3.05, 3.63) is 59.7 Å². The van der Waals surface area contributed by atoms with Crippen LogP contribution in [0, 0.1) is 5.92 Å². The Balaban J connectivity index is 1.51. The molecule has 0 unspecified atom stereocenters. The minimum Gasteiger partial charge on any atom is -0.462 e. The summed E-state index contributed by atoms with van der Waals surface area (Å²) in [5.74, 6) is -2.30. The van der Waals surface area contributed by atoms with Crippen molar-refractivity contribution in [2.45, 2.75) is 26.7 Å². The monoisotopic (exact) mass is 438 g/mol. The van der Waals surface area contributed by atoms with Gasteiger partial charge in [-0.15, -0.1) is 0 Å². The third-order valence-corrected chi connectivity index (χ3v) is 5.15. The van der Waals surface area contributed by atoms with E-state index in [4.69, 9.17) is 9.47 Å². The van der Waals surface area contributed by atoms with Crippen LogP contribution in [-0.2, 0) is 30.3 Å². The maximum atomic E-state index is 12.5. The van der Waals surface area contributed by atoms with Crippen LogP contribution >= 0.6 is 0 Å². The van der Waals surface area contributed by atoms with Crippen molar-refractivity contribution in [3.8, 4) is 0 Å². The summed E-state index contributed by atoms with van der Waals surface area (Å²) in [7, 11) is 0. The summed E-state index contributed by atoms with van der Waals surface area (Å²) >= 11 is 0. The Labute approximate surface area is 186 Å². The molecule has 8 heteroatoms. The number of nitrogens with one attached hydrogen (secondary N) is 1. The van der Waals surface area contributed by atoms with Crippen LogP contribution in [0.2, 0.25) is 0 Å². The van der Waals surface area contributed by atoms with Gasteiger partial charge in [0.05, 0.1) is 18.1 Å². The molecule has 0 aliphatic carbocycles. The number of amides is 2.